The Morgan fingerprint density at radius 1 is 1.23 bits per heavy atom. The van der Waals surface area contributed by atoms with Crippen LogP contribution in [0.1, 0.15) is 12.5 Å². The number of carbonyl (C=O) groups is 1. The molecule has 0 radical (unpaired) electrons. The largest absolute Gasteiger partial charge is 0.304 e. The maximum atomic E-state index is 8.81. The molecule has 1 rings (SSSR count). The third kappa shape index (κ3) is 6.76. The van der Waals surface area contributed by atoms with Crippen LogP contribution < -0.4 is 0 Å². The molecule has 1 aromatic carbocycles. The molecule has 0 saturated carbocycles. The first kappa shape index (κ1) is 11.4. The van der Waals surface area contributed by atoms with E-state index >= 15 is 0 Å². The quantitative estimate of drug-likeness (QED) is 0.497. The summed E-state index contributed by atoms with van der Waals surface area (Å²) >= 11 is 0. The van der Waals surface area contributed by atoms with Gasteiger partial charge in [-0.2, -0.15) is 0 Å². The van der Waals surface area contributed by atoms with Crippen molar-refractivity contribution in [2.45, 2.75) is 6.92 Å². The summed E-state index contributed by atoms with van der Waals surface area (Å²) in [6.07, 6.45) is 6.47. The summed E-state index contributed by atoms with van der Waals surface area (Å²) in [6, 6.07) is 10.1. The predicted molar refractivity (Wildman–Crippen MR) is 57.4 cm³/mol. The molecule has 0 aliphatic rings. The Kier molecular flexibility index (Phi) is 7.40. The highest BCUT2D eigenvalue weighted by molar-refractivity contribution is 5.50. The molecule has 1 aromatic rings. The molecule has 0 amide bonds. The minimum Gasteiger partial charge on any atom is -0.304 e. The molecule has 0 N–H and O–H groups in total. The molecule has 68 valence electrons. The Morgan fingerprint density at radius 3 is 2.23 bits per heavy atom. The number of allylic oxidation sites excluding steroid dienone is 2. The molecular weight excluding hydrogens is 160 g/mol. The van der Waals surface area contributed by atoms with Gasteiger partial charge in [-0.15, -0.1) is 0 Å². The summed E-state index contributed by atoms with van der Waals surface area (Å²) < 4.78 is 0. The van der Waals surface area contributed by atoms with Gasteiger partial charge in [0.05, 0.1) is 0 Å². The molecule has 0 spiro atoms. The third-order valence-electron chi connectivity index (χ3n) is 1.22. The number of hydrogen-bond acceptors (Lipinski definition) is 1. The highest BCUT2D eigenvalue weighted by atomic mass is 16.1. The molecule has 0 unspecified atom stereocenters. The van der Waals surface area contributed by atoms with Gasteiger partial charge in [0.1, 0.15) is 6.29 Å². The molecule has 0 saturated heterocycles. The number of aldehydes is 1. The smallest absolute Gasteiger partial charge is 0.116 e. The van der Waals surface area contributed by atoms with Crippen molar-refractivity contribution in [1.29, 1.82) is 0 Å². The van der Waals surface area contributed by atoms with Crippen LogP contribution in [-0.4, -0.2) is 6.29 Å². The minimum atomic E-state index is 0.750. The average Bonchev–Trinajstić information content (AvgIpc) is 2.18. The molecule has 1 nitrogen and oxygen atoms in total. The molecule has 0 fully saturated rings. The van der Waals surface area contributed by atoms with Crippen LogP contribution >= 0.6 is 0 Å². The summed E-state index contributed by atoms with van der Waals surface area (Å²) in [7, 11) is 0. The Balaban J connectivity index is 0.000000424. The number of hydrogen-bond donors (Lipinski definition) is 0. The standard InChI is InChI=1S/C10H10.C2H4O/c1-2-3-7-10-8-5-4-6-9-10;1-2-3/h2-9H,1H2;2H,1H3/b7-3+;. The molecule has 1 heteroatoms. The minimum absolute atomic E-state index is 0.750. The van der Waals surface area contributed by atoms with Crippen LogP contribution in [0.5, 0.6) is 0 Å². The lowest BCUT2D eigenvalue weighted by Gasteiger charge is -1.87. The molecule has 0 aliphatic carbocycles. The van der Waals surface area contributed by atoms with Crippen LogP contribution in [0.3, 0.4) is 0 Å². The Morgan fingerprint density at radius 2 is 1.77 bits per heavy atom. The molecule has 0 bridgehead atoms. The zero-order valence-corrected chi connectivity index (χ0v) is 7.81. The van der Waals surface area contributed by atoms with Crippen molar-refractivity contribution in [2.24, 2.45) is 0 Å². The van der Waals surface area contributed by atoms with Crippen molar-refractivity contribution in [3.63, 3.8) is 0 Å². The summed E-state index contributed by atoms with van der Waals surface area (Å²) in [5.41, 5.74) is 1.21. The second-order valence-corrected chi connectivity index (χ2v) is 2.24. The van der Waals surface area contributed by atoms with Crippen molar-refractivity contribution in [1.82, 2.24) is 0 Å². The van der Waals surface area contributed by atoms with Gasteiger partial charge in [0, 0.05) is 0 Å². The monoisotopic (exact) mass is 174 g/mol. The molecule has 13 heavy (non-hydrogen) atoms. The van der Waals surface area contributed by atoms with Gasteiger partial charge >= 0.3 is 0 Å². The van der Waals surface area contributed by atoms with Crippen molar-refractivity contribution in [3.05, 3.63) is 54.6 Å². The van der Waals surface area contributed by atoms with Crippen LogP contribution in [0, 0.1) is 0 Å². The van der Waals surface area contributed by atoms with Crippen LogP contribution in [0.4, 0.5) is 0 Å². The van der Waals surface area contributed by atoms with Gasteiger partial charge in [0.25, 0.3) is 0 Å². The van der Waals surface area contributed by atoms with E-state index in [1.54, 1.807) is 6.08 Å². The van der Waals surface area contributed by atoms with E-state index in [4.69, 9.17) is 4.79 Å². The molecular formula is C12H14O. The van der Waals surface area contributed by atoms with Crippen molar-refractivity contribution in [3.8, 4) is 0 Å². The highest BCUT2D eigenvalue weighted by Gasteiger charge is 1.78. The first-order chi connectivity index (χ1) is 6.35. The lowest BCUT2D eigenvalue weighted by molar-refractivity contribution is -0.106. The van der Waals surface area contributed by atoms with E-state index in [-0.39, 0.29) is 0 Å². The molecule has 0 heterocycles. The zero-order chi connectivity index (χ0) is 9.94. The Labute approximate surface area is 79.4 Å². The van der Waals surface area contributed by atoms with Gasteiger partial charge in [-0.3, -0.25) is 0 Å². The number of carbonyl (C=O) groups excluding carboxylic acids is 1. The molecule has 0 aromatic heterocycles. The van der Waals surface area contributed by atoms with E-state index in [1.165, 1.54) is 12.5 Å². The fourth-order valence-corrected chi connectivity index (χ4v) is 0.743. The van der Waals surface area contributed by atoms with E-state index in [0.29, 0.717) is 0 Å². The van der Waals surface area contributed by atoms with Gasteiger partial charge < -0.3 is 4.79 Å². The third-order valence-corrected chi connectivity index (χ3v) is 1.22. The number of rotatable bonds is 2. The van der Waals surface area contributed by atoms with E-state index in [1.807, 2.05) is 30.4 Å². The lowest BCUT2D eigenvalue weighted by Crippen LogP contribution is -1.65. The van der Waals surface area contributed by atoms with Crippen LogP contribution in [-0.2, 0) is 4.79 Å². The first-order valence-electron chi connectivity index (χ1n) is 4.09. The van der Waals surface area contributed by atoms with Gasteiger partial charge in [-0.1, -0.05) is 55.1 Å². The van der Waals surface area contributed by atoms with Gasteiger partial charge in [0.2, 0.25) is 0 Å². The summed E-state index contributed by atoms with van der Waals surface area (Å²) in [6.45, 7) is 5.03. The van der Waals surface area contributed by atoms with Gasteiger partial charge in [-0.25, -0.2) is 0 Å². The topological polar surface area (TPSA) is 17.1 Å². The van der Waals surface area contributed by atoms with E-state index < -0.39 is 0 Å². The van der Waals surface area contributed by atoms with Crippen LogP contribution in [0.25, 0.3) is 6.08 Å². The average molecular weight is 174 g/mol. The maximum absolute atomic E-state index is 8.81. The van der Waals surface area contributed by atoms with Crippen molar-refractivity contribution < 1.29 is 4.79 Å². The normalized spacial score (nSPS) is 8.69. The second-order valence-electron chi connectivity index (χ2n) is 2.24. The van der Waals surface area contributed by atoms with E-state index in [0.717, 1.165) is 6.29 Å². The summed E-state index contributed by atoms with van der Waals surface area (Å²) in [4.78, 5) is 8.81. The summed E-state index contributed by atoms with van der Waals surface area (Å²) in [5.74, 6) is 0. The van der Waals surface area contributed by atoms with Crippen molar-refractivity contribution >= 4 is 12.4 Å². The van der Waals surface area contributed by atoms with E-state index in [2.05, 4.69) is 18.7 Å². The fraction of sp³-hybridized carbons (Fsp3) is 0.0833. The predicted octanol–water partition coefficient (Wildman–Crippen LogP) is 3.09. The Hall–Kier alpha value is -1.63. The second kappa shape index (κ2) is 8.47. The fourth-order valence-electron chi connectivity index (χ4n) is 0.743. The van der Waals surface area contributed by atoms with Crippen LogP contribution in [0.2, 0.25) is 0 Å². The lowest BCUT2D eigenvalue weighted by atomic mass is 10.2. The van der Waals surface area contributed by atoms with Crippen molar-refractivity contribution in [2.75, 3.05) is 0 Å². The summed E-state index contributed by atoms with van der Waals surface area (Å²) in [5, 5.41) is 0. The van der Waals surface area contributed by atoms with Gasteiger partial charge in [-0.05, 0) is 12.5 Å². The highest BCUT2D eigenvalue weighted by Crippen LogP contribution is 1.99. The SMILES string of the molecule is C=C/C=C/c1ccccc1.CC=O. The van der Waals surface area contributed by atoms with Crippen LogP contribution in [0.15, 0.2) is 49.1 Å². The Bertz CT molecular complexity index is 260. The van der Waals surface area contributed by atoms with E-state index in [9.17, 15) is 0 Å². The molecule has 0 aliphatic heterocycles. The maximum Gasteiger partial charge on any atom is 0.116 e. The zero-order valence-electron chi connectivity index (χ0n) is 7.81. The van der Waals surface area contributed by atoms with Gasteiger partial charge in [0.15, 0.2) is 0 Å². The first-order valence-corrected chi connectivity index (χ1v) is 4.09. The molecule has 0 atom stereocenters. The number of benzene rings is 1.